The summed E-state index contributed by atoms with van der Waals surface area (Å²) < 4.78 is 12.9. The molecule has 0 bridgehead atoms. The number of rotatable bonds is 5. The van der Waals surface area contributed by atoms with Crippen LogP contribution >= 0.6 is 34.9 Å². The van der Waals surface area contributed by atoms with Crippen molar-refractivity contribution in [1.29, 1.82) is 0 Å². The van der Waals surface area contributed by atoms with E-state index in [9.17, 15) is 4.79 Å². The zero-order chi connectivity index (χ0) is 13.8. The van der Waals surface area contributed by atoms with Gasteiger partial charge < -0.3 is 10.1 Å². The number of halogens is 2. The predicted molar refractivity (Wildman–Crippen MR) is 77.2 cm³/mol. The molecule has 1 aromatic heterocycles. The molecule has 1 aromatic carbocycles. The maximum atomic E-state index is 11.0. The zero-order valence-corrected chi connectivity index (χ0v) is 12.4. The van der Waals surface area contributed by atoms with E-state index in [2.05, 4.69) is 18.8 Å². The minimum Gasteiger partial charge on any atom is -0.469 e. The number of carbonyl (C=O) groups is 1. The molecule has 2 rings (SSSR count). The van der Waals surface area contributed by atoms with Gasteiger partial charge in [0.15, 0.2) is 0 Å². The second-order valence-electron chi connectivity index (χ2n) is 3.78. The molecule has 1 heterocycles. The van der Waals surface area contributed by atoms with Gasteiger partial charge in [-0.2, -0.15) is 8.75 Å². The number of methoxy groups -OCH3 is 1. The maximum absolute atomic E-state index is 11.0. The molecule has 0 amide bonds. The number of hydrogen-bond acceptors (Lipinski definition) is 6. The van der Waals surface area contributed by atoms with Gasteiger partial charge in [-0.25, -0.2) is 0 Å². The number of nitrogens with one attached hydrogen (secondary N) is 1. The molecule has 2 aromatic rings. The Hall–Kier alpha value is -1.11. The van der Waals surface area contributed by atoms with E-state index in [1.807, 2.05) is 0 Å². The summed E-state index contributed by atoms with van der Waals surface area (Å²) in [4.78, 5) is 11.0. The van der Waals surface area contributed by atoms with Crippen LogP contribution in [0, 0.1) is 0 Å². The average Bonchev–Trinajstić information content (AvgIpc) is 2.86. The van der Waals surface area contributed by atoms with Crippen LogP contribution in [0.5, 0.6) is 0 Å². The van der Waals surface area contributed by atoms with Gasteiger partial charge in [0, 0.05) is 13.0 Å². The summed E-state index contributed by atoms with van der Waals surface area (Å²) in [6.07, 6.45) is 0.998. The zero-order valence-electron chi connectivity index (χ0n) is 10.1. The quantitative estimate of drug-likeness (QED) is 0.676. The van der Waals surface area contributed by atoms with E-state index in [1.165, 1.54) is 7.11 Å². The smallest absolute Gasteiger partial charge is 0.305 e. The van der Waals surface area contributed by atoms with E-state index in [1.54, 1.807) is 6.07 Å². The SMILES string of the molecule is COC(=O)CCCNc1c(Cl)cc(Cl)c2nsnc12. The number of benzene rings is 1. The van der Waals surface area contributed by atoms with Crippen LogP contribution in [0.15, 0.2) is 6.07 Å². The maximum Gasteiger partial charge on any atom is 0.305 e. The molecule has 0 fully saturated rings. The number of esters is 1. The van der Waals surface area contributed by atoms with Crippen molar-refractivity contribution in [3.63, 3.8) is 0 Å². The minimum atomic E-state index is -0.232. The topological polar surface area (TPSA) is 64.1 Å². The van der Waals surface area contributed by atoms with Crippen molar-refractivity contribution in [3.8, 4) is 0 Å². The van der Waals surface area contributed by atoms with Crippen LogP contribution in [0.2, 0.25) is 10.0 Å². The largest absolute Gasteiger partial charge is 0.469 e. The number of aromatic nitrogens is 2. The molecule has 8 heteroatoms. The molecule has 1 N–H and O–H groups in total. The molecule has 0 atom stereocenters. The van der Waals surface area contributed by atoms with Crippen molar-refractivity contribution in [1.82, 2.24) is 8.75 Å². The summed E-state index contributed by atoms with van der Waals surface area (Å²) in [6, 6.07) is 1.63. The lowest BCUT2D eigenvalue weighted by molar-refractivity contribution is -0.140. The summed E-state index contributed by atoms with van der Waals surface area (Å²) in [5, 5.41) is 4.12. The van der Waals surface area contributed by atoms with E-state index < -0.39 is 0 Å². The fourth-order valence-electron chi connectivity index (χ4n) is 1.59. The molecule has 0 saturated carbocycles. The first kappa shape index (κ1) is 14.3. The normalized spacial score (nSPS) is 10.7. The Balaban J connectivity index is 2.08. The van der Waals surface area contributed by atoms with Gasteiger partial charge in [0.2, 0.25) is 0 Å². The molecule has 0 aliphatic carbocycles. The lowest BCUT2D eigenvalue weighted by Gasteiger charge is -2.09. The summed E-state index contributed by atoms with van der Waals surface area (Å²) in [5.74, 6) is -0.232. The molecule has 0 aliphatic heterocycles. The summed E-state index contributed by atoms with van der Waals surface area (Å²) in [7, 11) is 1.37. The Morgan fingerprint density at radius 3 is 2.84 bits per heavy atom. The van der Waals surface area contributed by atoms with Crippen LogP contribution < -0.4 is 5.32 Å². The predicted octanol–water partition coefficient (Wildman–Crippen LogP) is 3.36. The lowest BCUT2D eigenvalue weighted by atomic mass is 10.2. The third kappa shape index (κ3) is 3.26. The van der Waals surface area contributed by atoms with E-state index in [0.29, 0.717) is 46.2 Å². The van der Waals surface area contributed by atoms with Crippen LogP contribution in [-0.4, -0.2) is 28.4 Å². The molecule has 102 valence electrons. The summed E-state index contributed by atoms with van der Waals surface area (Å²) >= 11 is 13.2. The molecule has 0 spiro atoms. The highest BCUT2D eigenvalue weighted by molar-refractivity contribution is 7.00. The van der Waals surface area contributed by atoms with Crippen molar-refractivity contribution < 1.29 is 9.53 Å². The average molecular weight is 320 g/mol. The number of nitrogens with zero attached hydrogens (tertiary/aromatic N) is 2. The molecule has 5 nitrogen and oxygen atoms in total. The number of anilines is 1. The Bertz CT molecular complexity index is 603. The lowest BCUT2D eigenvalue weighted by Crippen LogP contribution is -2.07. The third-order valence-electron chi connectivity index (χ3n) is 2.53. The third-order valence-corrected chi connectivity index (χ3v) is 3.65. The van der Waals surface area contributed by atoms with Crippen LogP contribution in [-0.2, 0) is 9.53 Å². The number of ether oxygens (including phenoxy) is 1. The van der Waals surface area contributed by atoms with Crippen molar-refractivity contribution in [3.05, 3.63) is 16.1 Å². The van der Waals surface area contributed by atoms with E-state index in [0.717, 1.165) is 11.7 Å². The Morgan fingerprint density at radius 1 is 1.37 bits per heavy atom. The number of carbonyl (C=O) groups excluding carboxylic acids is 1. The van der Waals surface area contributed by atoms with E-state index in [-0.39, 0.29) is 5.97 Å². The van der Waals surface area contributed by atoms with Gasteiger partial charge >= 0.3 is 5.97 Å². The minimum absolute atomic E-state index is 0.232. The molecule has 0 radical (unpaired) electrons. The van der Waals surface area contributed by atoms with Gasteiger partial charge in [-0.1, -0.05) is 23.2 Å². The van der Waals surface area contributed by atoms with Crippen LogP contribution in [0.25, 0.3) is 11.0 Å². The van der Waals surface area contributed by atoms with E-state index in [4.69, 9.17) is 23.2 Å². The first-order chi connectivity index (χ1) is 9.13. The molecular weight excluding hydrogens is 309 g/mol. The number of fused-ring (bicyclic) bond motifs is 1. The second kappa shape index (κ2) is 6.36. The first-order valence-electron chi connectivity index (χ1n) is 5.54. The van der Waals surface area contributed by atoms with Crippen molar-refractivity contribution in [2.24, 2.45) is 0 Å². The van der Waals surface area contributed by atoms with Crippen LogP contribution in [0.4, 0.5) is 5.69 Å². The highest BCUT2D eigenvalue weighted by Gasteiger charge is 2.13. The Kier molecular flexibility index (Phi) is 4.79. The fraction of sp³-hybridized carbons (Fsp3) is 0.364. The fourth-order valence-corrected chi connectivity index (χ4v) is 2.77. The summed E-state index contributed by atoms with van der Waals surface area (Å²) in [6.45, 7) is 0.586. The molecule has 0 saturated heterocycles. The Morgan fingerprint density at radius 2 is 2.11 bits per heavy atom. The van der Waals surface area contributed by atoms with Gasteiger partial charge in [0.1, 0.15) is 11.0 Å². The molecular formula is C11H11Cl2N3O2S. The molecule has 19 heavy (non-hydrogen) atoms. The highest BCUT2D eigenvalue weighted by Crippen LogP contribution is 2.35. The van der Waals surface area contributed by atoms with Crippen LogP contribution in [0.1, 0.15) is 12.8 Å². The van der Waals surface area contributed by atoms with Gasteiger partial charge in [0.25, 0.3) is 0 Å². The standard InChI is InChI=1S/C11H11Cl2N3O2S/c1-18-8(17)3-2-4-14-9-6(12)5-7(13)10-11(9)16-19-15-10/h5,14H,2-4H2,1H3. The Labute approximate surface area is 124 Å². The van der Waals surface area contributed by atoms with Gasteiger partial charge in [0.05, 0.1) is 34.6 Å². The second-order valence-corrected chi connectivity index (χ2v) is 5.13. The highest BCUT2D eigenvalue weighted by atomic mass is 35.5. The summed E-state index contributed by atoms with van der Waals surface area (Å²) in [5.41, 5.74) is 1.98. The van der Waals surface area contributed by atoms with Crippen molar-refractivity contribution in [2.75, 3.05) is 19.0 Å². The monoisotopic (exact) mass is 319 g/mol. The molecule has 0 unspecified atom stereocenters. The first-order valence-corrected chi connectivity index (χ1v) is 7.03. The molecule has 0 aliphatic rings. The van der Waals surface area contributed by atoms with E-state index >= 15 is 0 Å². The van der Waals surface area contributed by atoms with Crippen LogP contribution in [0.3, 0.4) is 0 Å². The van der Waals surface area contributed by atoms with Gasteiger partial charge in [-0.05, 0) is 12.5 Å². The van der Waals surface area contributed by atoms with Crippen molar-refractivity contribution >= 4 is 57.6 Å². The van der Waals surface area contributed by atoms with Gasteiger partial charge in [-0.3, -0.25) is 4.79 Å². The number of hydrogen-bond donors (Lipinski definition) is 1. The van der Waals surface area contributed by atoms with Crippen molar-refractivity contribution in [2.45, 2.75) is 12.8 Å². The van der Waals surface area contributed by atoms with Gasteiger partial charge in [-0.15, -0.1) is 0 Å².